The summed E-state index contributed by atoms with van der Waals surface area (Å²) in [5, 5.41) is 0. The molecule has 0 saturated carbocycles. The molecule has 1 aromatic rings. The Morgan fingerprint density at radius 2 is 1.86 bits per heavy atom. The predicted molar refractivity (Wildman–Crippen MR) is 80.2 cm³/mol. The Labute approximate surface area is 131 Å². The third kappa shape index (κ3) is 4.73. The average Bonchev–Trinajstić information content (AvgIpc) is 2.35. The highest BCUT2D eigenvalue weighted by atomic mass is 79.9. The molecule has 0 aromatic heterocycles. The number of rotatable bonds is 4. The second-order valence-electron chi connectivity index (χ2n) is 5.59. The molecule has 0 aliphatic rings. The Kier molecular flexibility index (Phi) is 5.84. The van der Waals surface area contributed by atoms with Gasteiger partial charge in [0.25, 0.3) is 5.91 Å². The zero-order valence-corrected chi connectivity index (χ0v) is 14.0. The normalized spacial score (nSPS) is 13.4. The maximum absolute atomic E-state index is 12.9. The van der Waals surface area contributed by atoms with E-state index in [1.807, 2.05) is 20.8 Å². The molecule has 1 aromatic carbocycles. The van der Waals surface area contributed by atoms with Crippen LogP contribution in [0, 0.1) is 5.92 Å². The number of hydrogen-bond donors (Lipinski definition) is 0. The van der Waals surface area contributed by atoms with Gasteiger partial charge < -0.3 is 4.90 Å². The van der Waals surface area contributed by atoms with E-state index in [0.717, 1.165) is 12.5 Å². The lowest BCUT2D eigenvalue weighted by Crippen LogP contribution is -2.36. The van der Waals surface area contributed by atoms with Gasteiger partial charge in [0.15, 0.2) is 0 Å². The van der Waals surface area contributed by atoms with Crippen molar-refractivity contribution in [3.05, 3.63) is 33.8 Å². The lowest BCUT2D eigenvalue weighted by Gasteiger charge is -2.26. The molecular weight excluding hydrogens is 347 g/mol. The van der Waals surface area contributed by atoms with E-state index in [2.05, 4.69) is 15.9 Å². The van der Waals surface area contributed by atoms with Gasteiger partial charge in [0.05, 0.1) is 5.56 Å². The largest absolute Gasteiger partial charge is 0.417 e. The molecule has 0 spiro atoms. The number of halogens is 4. The Morgan fingerprint density at radius 3 is 2.33 bits per heavy atom. The average molecular weight is 366 g/mol. The smallest absolute Gasteiger partial charge is 0.339 e. The highest BCUT2D eigenvalue weighted by Crippen LogP contribution is 2.35. The second-order valence-corrected chi connectivity index (χ2v) is 6.44. The maximum Gasteiger partial charge on any atom is 0.417 e. The lowest BCUT2D eigenvalue weighted by atomic mass is 10.0. The maximum atomic E-state index is 12.9. The molecule has 1 unspecified atom stereocenters. The van der Waals surface area contributed by atoms with Crippen LogP contribution in [0.2, 0.25) is 0 Å². The SMILES string of the molecule is CC(C)CC(C)N(C)C(=O)c1ccc(Br)c(C(F)(F)F)c1. The molecule has 0 aliphatic carbocycles. The Hall–Kier alpha value is -1.04. The zero-order valence-electron chi connectivity index (χ0n) is 12.5. The second kappa shape index (κ2) is 6.81. The first-order chi connectivity index (χ1) is 9.54. The fraction of sp³-hybridized carbons (Fsp3) is 0.533. The molecule has 0 fully saturated rings. The summed E-state index contributed by atoms with van der Waals surface area (Å²) in [5.74, 6) is 0.00653. The Balaban J connectivity index is 3.03. The van der Waals surface area contributed by atoms with E-state index in [-0.39, 0.29) is 16.1 Å². The number of carbonyl (C=O) groups excluding carboxylic acids is 1. The third-order valence-electron chi connectivity index (χ3n) is 3.31. The first kappa shape index (κ1) is 18.0. The highest BCUT2D eigenvalue weighted by molar-refractivity contribution is 9.10. The topological polar surface area (TPSA) is 20.3 Å². The molecule has 0 saturated heterocycles. The van der Waals surface area contributed by atoms with E-state index in [0.29, 0.717) is 5.92 Å². The van der Waals surface area contributed by atoms with Crippen LogP contribution in [0.1, 0.15) is 43.1 Å². The predicted octanol–water partition coefficient (Wildman–Crippen LogP) is 4.97. The molecule has 0 bridgehead atoms. The van der Waals surface area contributed by atoms with Crippen LogP contribution < -0.4 is 0 Å². The number of amides is 1. The molecule has 0 heterocycles. The van der Waals surface area contributed by atoms with Crippen molar-refractivity contribution in [3.63, 3.8) is 0 Å². The molecular formula is C15H19BrF3NO. The number of alkyl halides is 3. The third-order valence-corrected chi connectivity index (χ3v) is 4.00. The summed E-state index contributed by atoms with van der Waals surface area (Å²) >= 11 is 2.87. The molecule has 2 nitrogen and oxygen atoms in total. The molecule has 1 atom stereocenters. The summed E-state index contributed by atoms with van der Waals surface area (Å²) in [6.07, 6.45) is -3.69. The molecule has 1 rings (SSSR count). The molecule has 6 heteroatoms. The van der Waals surface area contributed by atoms with E-state index >= 15 is 0 Å². The highest BCUT2D eigenvalue weighted by Gasteiger charge is 2.34. The first-order valence-corrected chi connectivity index (χ1v) is 7.47. The summed E-state index contributed by atoms with van der Waals surface area (Å²) < 4.78 is 38.5. The minimum Gasteiger partial charge on any atom is -0.339 e. The minimum atomic E-state index is -4.49. The van der Waals surface area contributed by atoms with Gasteiger partial charge in [-0.25, -0.2) is 0 Å². The van der Waals surface area contributed by atoms with Gasteiger partial charge in [-0.3, -0.25) is 4.79 Å². The van der Waals surface area contributed by atoms with Gasteiger partial charge in [-0.05, 0) is 37.5 Å². The monoisotopic (exact) mass is 365 g/mol. The first-order valence-electron chi connectivity index (χ1n) is 6.68. The molecule has 0 aliphatic heterocycles. The van der Waals surface area contributed by atoms with Crippen molar-refractivity contribution in [2.75, 3.05) is 7.05 Å². The van der Waals surface area contributed by atoms with Gasteiger partial charge in [0, 0.05) is 23.1 Å². The molecule has 0 radical (unpaired) electrons. The molecule has 21 heavy (non-hydrogen) atoms. The van der Waals surface area contributed by atoms with Gasteiger partial charge in [-0.2, -0.15) is 13.2 Å². The van der Waals surface area contributed by atoms with E-state index in [1.54, 1.807) is 7.05 Å². The summed E-state index contributed by atoms with van der Waals surface area (Å²) in [7, 11) is 1.62. The zero-order chi connectivity index (χ0) is 16.4. The number of benzene rings is 1. The van der Waals surface area contributed by atoms with Gasteiger partial charge in [-0.15, -0.1) is 0 Å². The Bertz CT molecular complexity index is 514. The quantitative estimate of drug-likeness (QED) is 0.737. The molecule has 0 N–H and O–H groups in total. The van der Waals surface area contributed by atoms with E-state index in [1.165, 1.54) is 17.0 Å². The number of carbonyl (C=O) groups is 1. The van der Waals surface area contributed by atoms with E-state index < -0.39 is 17.6 Å². The molecule has 118 valence electrons. The van der Waals surface area contributed by atoms with Gasteiger partial charge in [0.1, 0.15) is 0 Å². The van der Waals surface area contributed by atoms with E-state index in [9.17, 15) is 18.0 Å². The summed E-state index contributed by atoms with van der Waals surface area (Å²) in [6, 6.07) is 3.53. The summed E-state index contributed by atoms with van der Waals surface area (Å²) in [5.41, 5.74) is -0.790. The van der Waals surface area contributed by atoms with Crippen molar-refractivity contribution in [2.24, 2.45) is 5.92 Å². The lowest BCUT2D eigenvalue weighted by molar-refractivity contribution is -0.138. The number of nitrogens with zero attached hydrogens (tertiary/aromatic N) is 1. The summed E-state index contributed by atoms with van der Waals surface area (Å²) in [6.45, 7) is 5.97. The fourth-order valence-electron chi connectivity index (χ4n) is 2.12. The van der Waals surface area contributed by atoms with Crippen LogP contribution in [0.3, 0.4) is 0 Å². The van der Waals surface area contributed by atoms with Crippen LogP contribution in [0.5, 0.6) is 0 Å². The van der Waals surface area contributed by atoms with Crippen molar-refractivity contribution in [1.29, 1.82) is 0 Å². The van der Waals surface area contributed by atoms with Crippen LogP contribution >= 0.6 is 15.9 Å². The van der Waals surface area contributed by atoms with Crippen LogP contribution in [0.4, 0.5) is 13.2 Å². The van der Waals surface area contributed by atoms with Crippen molar-refractivity contribution < 1.29 is 18.0 Å². The van der Waals surface area contributed by atoms with Crippen LogP contribution in [-0.4, -0.2) is 23.9 Å². The molecule has 1 amide bonds. The van der Waals surface area contributed by atoms with Crippen LogP contribution in [0.25, 0.3) is 0 Å². The standard InChI is InChI=1S/C15H19BrF3NO/c1-9(2)7-10(3)20(4)14(21)11-5-6-13(16)12(8-11)15(17,18)19/h5-6,8-10H,7H2,1-4H3. The van der Waals surface area contributed by atoms with Crippen molar-refractivity contribution in [2.45, 2.75) is 39.4 Å². The van der Waals surface area contributed by atoms with Crippen molar-refractivity contribution >= 4 is 21.8 Å². The van der Waals surface area contributed by atoms with Gasteiger partial charge in [0.2, 0.25) is 0 Å². The van der Waals surface area contributed by atoms with Crippen LogP contribution in [0.15, 0.2) is 22.7 Å². The minimum absolute atomic E-state index is 0.0320. The van der Waals surface area contributed by atoms with Crippen molar-refractivity contribution in [3.8, 4) is 0 Å². The van der Waals surface area contributed by atoms with Gasteiger partial charge >= 0.3 is 6.18 Å². The number of hydrogen-bond acceptors (Lipinski definition) is 1. The van der Waals surface area contributed by atoms with E-state index in [4.69, 9.17) is 0 Å². The van der Waals surface area contributed by atoms with Gasteiger partial charge in [-0.1, -0.05) is 29.8 Å². The fourth-order valence-corrected chi connectivity index (χ4v) is 2.59. The Morgan fingerprint density at radius 1 is 1.29 bits per heavy atom. The van der Waals surface area contributed by atoms with Crippen molar-refractivity contribution in [1.82, 2.24) is 4.90 Å². The summed E-state index contributed by atoms with van der Waals surface area (Å²) in [4.78, 5) is 13.8. The van der Waals surface area contributed by atoms with Crippen LogP contribution in [-0.2, 0) is 6.18 Å².